The van der Waals surface area contributed by atoms with Crippen LogP contribution in [0.5, 0.6) is 0 Å². The second-order valence-corrected chi connectivity index (χ2v) is 8.69. The second kappa shape index (κ2) is 11.1. The SMILES string of the molecule is O=C(OCc1ccccc1)N1CCC(CNCCCCN2C(=O)c3ccccc3C2=O)CC1. The molecule has 33 heavy (non-hydrogen) atoms. The maximum absolute atomic E-state index is 12.4. The van der Waals surface area contributed by atoms with Gasteiger partial charge in [0.2, 0.25) is 0 Å². The van der Waals surface area contributed by atoms with E-state index in [1.165, 1.54) is 4.90 Å². The van der Waals surface area contributed by atoms with Gasteiger partial charge in [-0.05, 0) is 62.4 Å². The highest BCUT2D eigenvalue weighted by molar-refractivity contribution is 6.21. The van der Waals surface area contributed by atoms with Gasteiger partial charge in [0, 0.05) is 19.6 Å². The van der Waals surface area contributed by atoms with Crippen molar-refractivity contribution in [2.24, 2.45) is 5.92 Å². The Bertz CT molecular complexity index is 936. The minimum atomic E-state index is -0.238. The predicted molar refractivity (Wildman–Crippen MR) is 125 cm³/mol. The van der Waals surface area contributed by atoms with Crippen LogP contribution in [0.4, 0.5) is 4.79 Å². The molecule has 1 saturated heterocycles. The van der Waals surface area contributed by atoms with Crippen LogP contribution in [0.3, 0.4) is 0 Å². The number of amides is 3. The lowest BCUT2D eigenvalue weighted by Gasteiger charge is -2.31. The third-order valence-corrected chi connectivity index (χ3v) is 6.37. The van der Waals surface area contributed by atoms with E-state index in [2.05, 4.69) is 5.32 Å². The molecular weight excluding hydrogens is 418 g/mol. The summed E-state index contributed by atoms with van der Waals surface area (Å²) in [5.41, 5.74) is 2.01. The van der Waals surface area contributed by atoms with Gasteiger partial charge in [-0.25, -0.2) is 4.79 Å². The number of fused-ring (bicyclic) bond motifs is 1. The first-order valence-electron chi connectivity index (χ1n) is 11.7. The standard InChI is InChI=1S/C26H31N3O4/c30-24-22-10-4-5-11-23(22)25(31)29(24)15-7-6-14-27-18-20-12-16-28(17-13-20)26(32)33-19-21-8-2-1-3-9-21/h1-5,8-11,20,27H,6-7,12-19H2. The third kappa shape index (κ3) is 5.79. The summed E-state index contributed by atoms with van der Waals surface area (Å²) in [5.74, 6) is 0.176. The van der Waals surface area contributed by atoms with Crippen molar-refractivity contribution in [2.45, 2.75) is 32.3 Å². The Morgan fingerprint density at radius 3 is 2.21 bits per heavy atom. The van der Waals surface area contributed by atoms with E-state index in [0.29, 0.717) is 30.2 Å². The average Bonchev–Trinajstić information content (AvgIpc) is 3.10. The van der Waals surface area contributed by atoms with Gasteiger partial charge in [0.1, 0.15) is 6.61 Å². The first kappa shape index (κ1) is 23.0. The molecule has 0 aromatic heterocycles. The normalized spacial score (nSPS) is 16.2. The van der Waals surface area contributed by atoms with E-state index in [1.807, 2.05) is 30.3 Å². The Morgan fingerprint density at radius 2 is 1.55 bits per heavy atom. The molecule has 174 valence electrons. The van der Waals surface area contributed by atoms with E-state index >= 15 is 0 Å². The smallest absolute Gasteiger partial charge is 0.410 e. The molecule has 0 radical (unpaired) electrons. The number of carbonyl (C=O) groups is 3. The highest BCUT2D eigenvalue weighted by Crippen LogP contribution is 2.22. The molecule has 1 fully saturated rings. The van der Waals surface area contributed by atoms with Crippen molar-refractivity contribution in [3.63, 3.8) is 0 Å². The number of hydrogen-bond acceptors (Lipinski definition) is 5. The zero-order valence-electron chi connectivity index (χ0n) is 18.9. The molecule has 1 N–H and O–H groups in total. The van der Waals surface area contributed by atoms with Crippen LogP contribution in [0.15, 0.2) is 54.6 Å². The number of hydrogen-bond donors (Lipinski definition) is 1. The van der Waals surface area contributed by atoms with Gasteiger partial charge < -0.3 is 15.0 Å². The summed E-state index contributed by atoms with van der Waals surface area (Å²) in [5, 5.41) is 3.49. The minimum Gasteiger partial charge on any atom is -0.445 e. The molecule has 2 aromatic carbocycles. The molecule has 7 nitrogen and oxygen atoms in total. The number of nitrogens with one attached hydrogen (secondary N) is 1. The number of ether oxygens (including phenoxy) is 1. The van der Waals surface area contributed by atoms with E-state index in [1.54, 1.807) is 29.2 Å². The van der Waals surface area contributed by atoms with Crippen LogP contribution in [0.1, 0.15) is 52.0 Å². The fourth-order valence-corrected chi connectivity index (χ4v) is 4.40. The largest absolute Gasteiger partial charge is 0.445 e. The van der Waals surface area contributed by atoms with Crippen LogP contribution in [0, 0.1) is 5.92 Å². The van der Waals surface area contributed by atoms with Gasteiger partial charge >= 0.3 is 6.09 Å². The molecule has 0 saturated carbocycles. The van der Waals surface area contributed by atoms with Crippen LogP contribution in [-0.4, -0.2) is 60.4 Å². The van der Waals surface area contributed by atoms with Crippen molar-refractivity contribution in [1.82, 2.24) is 15.1 Å². The molecule has 0 unspecified atom stereocenters. The zero-order chi connectivity index (χ0) is 23.0. The van der Waals surface area contributed by atoms with Gasteiger partial charge in [-0.3, -0.25) is 14.5 Å². The third-order valence-electron chi connectivity index (χ3n) is 6.37. The summed E-state index contributed by atoms with van der Waals surface area (Å²) in [6.07, 6.45) is 3.37. The maximum atomic E-state index is 12.4. The minimum absolute atomic E-state index is 0.183. The summed E-state index contributed by atoms with van der Waals surface area (Å²) >= 11 is 0. The predicted octanol–water partition coefficient (Wildman–Crippen LogP) is 3.70. The number of piperidine rings is 1. The number of benzene rings is 2. The highest BCUT2D eigenvalue weighted by atomic mass is 16.6. The van der Waals surface area contributed by atoms with Crippen molar-refractivity contribution < 1.29 is 19.1 Å². The maximum Gasteiger partial charge on any atom is 0.410 e. The Balaban J connectivity index is 1.07. The van der Waals surface area contributed by atoms with Gasteiger partial charge in [0.25, 0.3) is 11.8 Å². The number of nitrogens with zero attached hydrogens (tertiary/aromatic N) is 2. The Morgan fingerprint density at radius 1 is 0.909 bits per heavy atom. The first-order valence-corrected chi connectivity index (χ1v) is 11.7. The monoisotopic (exact) mass is 449 g/mol. The van der Waals surface area contributed by atoms with Crippen molar-refractivity contribution in [1.29, 1.82) is 0 Å². The number of rotatable bonds is 9. The van der Waals surface area contributed by atoms with Gasteiger partial charge in [-0.2, -0.15) is 0 Å². The Kier molecular flexibility index (Phi) is 7.73. The molecule has 7 heteroatoms. The zero-order valence-corrected chi connectivity index (χ0v) is 18.9. The van der Waals surface area contributed by atoms with Crippen molar-refractivity contribution in [3.05, 3.63) is 71.3 Å². The van der Waals surface area contributed by atoms with Crippen molar-refractivity contribution in [3.8, 4) is 0 Å². The Labute approximate surface area is 194 Å². The van der Waals surface area contributed by atoms with Crippen LogP contribution in [0.25, 0.3) is 0 Å². The lowest BCUT2D eigenvalue weighted by atomic mass is 9.97. The van der Waals surface area contributed by atoms with E-state index < -0.39 is 0 Å². The molecule has 4 rings (SSSR count). The molecule has 2 heterocycles. The first-order chi connectivity index (χ1) is 16.1. The molecule has 0 atom stereocenters. The molecule has 3 amide bonds. The summed E-state index contributed by atoms with van der Waals surface area (Å²) in [6.45, 7) is 3.97. The van der Waals surface area contributed by atoms with E-state index in [9.17, 15) is 14.4 Å². The Hall–Kier alpha value is -3.19. The number of carbonyl (C=O) groups excluding carboxylic acids is 3. The lowest BCUT2D eigenvalue weighted by molar-refractivity contribution is 0.0651. The highest BCUT2D eigenvalue weighted by Gasteiger charge is 2.34. The van der Waals surface area contributed by atoms with Gasteiger partial charge in [-0.15, -0.1) is 0 Å². The lowest BCUT2D eigenvalue weighted by Crippen LogP contribution is -2.41. The molecule has 0 bridgehead atoms. The van der Waals surface area contributed by atoms with Crippen molar-refractivity contribution >= 4 is 17.9 Å². The van der Waals surface area contributed by atoms with E-state index in [0.717, 1.165) is 57.4 Å². The number of likely N-dealkylation sites (tertiary alicyclic amines) is 1. The molecule has 2 aliphatic heterocycles. The van der Waals surface area contributed by atoms with E-state index in [4.69, 9.17) is 4.74 Å². The fraction of sp³-hybridized carbons (Fsp3) is 0.423. The fourth-order valence-electron chi connectivity index (χ4n) is 4.40. The van der Waals surface area contributed by atoms with Gasteiger partial charge in [0.15, 0.2) is 0 Å². The molecular formula is C26H31N3O4. The summed E-state index contributed by atoms with van der Waals surface area (Å²) < 4.78 is 5.43. The topological polar surface area (TPSA) is 79.0 Å². The van der Waals surface area contributed by atoms with Crippen LogP contribution in [-0.2, 0) is 11.3 Å². The van der Waals surface area contributed by atoms with E-state index in [-0.39, 0.29) is 17.9 Å². The second-order valence-electron chi connectivity index (χ2n) is 8.69. The van der Waals surface area contributed by atoms with Gasteiger partial charge in [-0.1, -0.05) is 42.5 Å². The summed E-state index contributed by atoms with van der Waals surface area (Å²) in [7, 11) is 0. The summed E-state index contributed by atoms with van der Waals surface area (Å²) in [6, 6.07) is 16.7. The van der Waals surface area contributed by atoms with Crippen molar-refractivity contribution in [2.75, 3.05) is 32.7 Å². The van der Waals surface area contributed by atoms with Gasteiger partial charge in [0.05, 0.1) is 11.1 Å². The van der Waals surface area contributed by atoms with Crippen LogP contribution in [0.2, 0.25) is 0 Å². The molecule has 0 aliphatic carbocycles. The number of imide groups is 1. The van der Waals surface area contributed by atoms with Crippen LogP contribution < -0.4 is 5.32 Å². The average molecular weight is 450 g/mol. The number of unbranched alkanes of at least 4 members (excludes halogenated alkanes) is 1. The molecule has 2 aromatic rings. The quantitative estimate of drug-likeness (QED) is 0.467. The molecule has 0 spiro atoms. The summed E-state index contributed by atoms with van der Waals surface area (Å²) in [4.78, 5) is 40.2. The van der Waals surface area contributed by atoms with Crippen LogP contribution >= 0.6 is 0 Å². The molecule has 2 aliphatic rings.